The molecule has 0 aliphatic carbocycles. The molecule has 1 N–H and O–H groups in total. The van der Waals surface area contributed by atoms with Crippen molar-refractivity contribution in [2.45, 2.75) is 6.54 Å². The van der Waals surface area contributed by atoms with Gasteiger partial charge in [0.2, 0.25) is 0 Å². The molecule has 2 heterocycles. The Bertz CT molecular complexity index is 830. The average Bonchev–Trinajstić information content (AvgIpc) is 3.30. The maximum absolute atomic E-state index is 12.3. The second-order valence-electron chi connectivity index (χ2n) is 5.42. The molecule has 0 saturated carbocycles. The molecule has 11 nitrogen and oxygen atoms in total. The molecule has 1 aliphatic rings. The SMILES string of the molecule is O=C(NCCn1ccnc1)c1cc(N2CC2)c([N+](=O)[O-])cc1[N+](=O)[O-]. The summed E-state index contributed by atoms with van der Waals surface area (Å²) in [6, 6.07) is 2.06. The minimum absolute atomic E-state index is 0.192. The maximum atomic E-state index is 12.3. The normalized spacial score (nSPS) is 12.7. The summed E-state index contributed by atoms with van der Waals surface area (Å²) in [7, 11) is 0. The first-order chi connectivity index (χ1) is 12.0. The number of nitro groups is 2. The summed E-state index contributed by atoms with van der Waals surface area (Å²) in [5.74, 6) is -0.648. The minimum atomic E-state index is -0.788. The van der Waals surface area contributed by atoms with Crippen molar-refractivity contribution in [2.75, 3.05) is 24.5 Å². The van der Waals surface area contributed by atoms with E-state index < -0.39 is 21.4 Å². The average molecular weight is 346 g/mol. The maximum Gasteiger partial charge on any atom is 0.299 e. The Morgan fingerprint density at radius 1 is 1.20 bits per heavy atom. The zero-order valence-corrected chi connectivity index (χ0v) is 13.0. The van der Waals surface area contributed by atoms with Gasteiger partial charge < -0.3 is 14.8 Å². The highest BCUT2D eigenvalue weighted by Crippen LogP contribution is 2.37. The summed E-state index contributed by atoms with van der Waals surface area (Å²) in [6.45, 7) is 1.91. The van der Waals surface area contributed by atoms with E-state index in [1.54, 1.807) is 28.2 Å². The third kappa shape index (κ3) is 3.54. The van der Waals surface area contributed by atoms with E-state index >= 15 is 0 Å². The van der Waals surface area contributed by atoms with Gasteiger partial charge in [-0.25, -0.2) is 4.98 Å². The zero-order valence-electron chi connectivity index (χ0n) is 13.0. The molecule has 1 fully saturated rings. The van der Waals surface area contributed by atoms with Crippen molar-refractivity contribution in [3.63, 3.8) is 0 Å². The molecule has 11 heteroatoms. The van der Waals surface area contributed by atoms with Crippen LogP contribution in [0, 0.1) is 20.2 Å². The second-order valence-corrected chi connectivity index (χ2v) is 5.42. The third-order valence-corrected chi connectivity index (χ3v) is 3.73. The molecule has 2 aromatic rings. The molecule has 25 heavy (non-hydrogen) atoms. The molecule has 0 spiro atoms. The molecule has 130 valence electrons. The van der Waals surface area contributed by atoms with Crippen LogP contribution in [-0.4, -0.2) is 44.9 Å². The lowest BCUT2D eigenvalue weighted by molar-refractivity contribution is -0.393. The van der Waals surface area contributed by atoms with Crippen LogP contribution < -0.4 is 10.2 Å². The van der Waals surface area contributed by atoms with Crippen LogP contribution in [0.1, 0.15) is 10.4 Å². The Hall–Kier alpha value is -3.50. The molecule has 1 amide bonds. The van der Waals surface area contributed by atoms with Crippen molar-refractivity contribution in [3.8, 4) is 0 Å². The Balaban J connectivity index is 1.85. The number of hydrogen-bond acceptors (Lipinski definition) is 7. The van der Waals surface area contributed by atoms with E-state index in [0.29, 0.717) is 19.6 Å². The smallest absolute Gasteiger partial charge is 0.299 e. The molecule has 0 radical (unpaired) electrons. The van der Waals surface area contributed by atoms with Crippen molar-refractivity contribution in [1.29, 1.82) is 0 Å². The molecule has 0 bridgehead atoms. The first-order valence-electron chi connectivity index (χ1n) is 7.43. The van der Waals surface area contributed by atoms with E-state index in [-0.39, 0.29) is 23.5 Å². The van der Waals surface area contributed by atoms with Crippen LogP contribution in [0.5, 0.6) is 0 Å². The van der Waals surface area contributed by atoms with Gasteiger partial charge in [-0.1, -0.05) is 0 Å². The van der Waals surface area contributed by atoms with E-state index in [9.17, 15) is 25.0 Å². The van der Waals surface area contributed by atoms with Gasteiger partial charge in [-0.2, -0.15) is 0 Å². The van der Waals surface area contributed by atoms with Gasteiger partial charge >= 0.3 is 0 Å². The predicted molar refractivity (Wildman–Crippen MR) is 86.5 cm³/mol. The molecular weight excluding hydrogens is 332 g/mol. The molecule has 0 unspecified atom stereocenters. The number of amides is 1. The summed E-state index contributed by atoms with van der Waals surface area (Å²) >= 11 is 0. The Morgan fingerprint density at radius 2 is 1.92 bits per heavy atom. The number of nitrogens with zero attached hydrogens (tertiary/aromatic N) is 5. The van der Waals surface area contributed by atoms with Crippen molar-refractivity contribution in [2.24, 2.45) is 0 Å². The number of benzene rings is 1. The second kappa shape index (κ2) is 6.55. The molecule has 1 saturated heterocycles. The number of rotatable bonds is 7. The summed E-state index contributed by atoms with van der Waals surface area (Å²) in [6.07, 6.45) is 4.90. The van der Waals surface area contributed by atoms with Crippen LogP contribution in [-0.2, 0) is 6.54 Å². The molecule has 1 aromatic carbocycles. The van der Waals surface area contributed by atoms with Crippen LogP contribution in [0.15, 0.2) is 30.9 Å². The molecular formula is C14H14N6O5. The topological polar surface area (TPSA) is 136 Å². The number of carbonyl (C=O) groups excluding carboxylic acids is 1. The largest absolute Gasteiger partial charge is 0.362 e. The lowest BCUT2D eigenvalue weighted by atomic mass is 10.1. The van der Waals surface area contributed by atoms with E-state index in [1.165, 1.54) is 6.07 Å². The van der Waals surface area contributed by atoms with Crippen molar-refractivity contribution in [1.82, 2.24) is 14.9 Å². The van der Waals surface area contributed by atoms with Crippen molar-refractivity contribution < 1.29 is 14.6 Å². The Morgan fingerprint density at radius 3 is 2.48 bits per heavy atom. The zero-order chi connectivity index (χ0) is 18.0. The van der Waals surface area contributed by atoms with Gasteiger partial charge in [0.1, 0.15) is 11.3 Å². The van der Waals surface area contributed by atoms with Crippen LogP contribution in [0.25, 0.3) is 0 Å². The summed E-state index contributed by atoms with van der Waals surface area (Å²) in [5.41, 5.74) is -0.935. The van der Waals surface area contributed by atoms with Crippen LogP contribution in [0.2, 0.25) is 0 Å². The van der Waals surface area contributed by atoms with Gasteiger partial charge in [0, 0.05) is 38.6 Å². The molecule has 1 aliphatic heterocycles. The van der Waals surface area contributed by atoms with E-state index in [4.69, 9.17) is 0 Å². The molecule has 0 atom stereocenters. The summed E-state index contributed by atoms with van der Waals surface area (Å²) < 4.78 is 1.74. The predicted octanol–water partition coefficient (Wildman–Crippen LogP) is 0.949. The quantitative estimate of drug-likeness (QED) is 0.447. The first-order valence-corrected chi connectivity index (χ1v) is 7.43. The van der Waals surface area contributed by atoms with Crippen LogP contribution >= 0.6 is 0 Å². The van der Waals surface area contributed by atoms with Gasteiger partial charge in [0.25, 0.3) is 17.3 Å². The van der Waals surface area contributed by atoms with Crippen LogP contribution in [0.4, 0.5) is 17.1 Å². The number of carbonyl (C=O) groups is 1. The fourth-order valence-electron chi connectivity index (χ4n) is 2.40. The third-order valence-electron chi connectivity index (χ3n) is 3.73. The van der Waals surface area contributed by atoms with Gasteiger partial charge in [-0.15, -0.1) is 0 Å². The number of nitrogens with one attached hydrogen (secondary N) is 1. The fraction of sp³-hybridized carbons (Fsp3) is 0.286. The fourth-order valence-corrected chi connectivity index (χ4v) is 2.40. The summed E-state index contributed by atoms with van der Waals surface area (Å²) in [5, 5.41) is 25.0. The standard InChI is InChI=1S/C14H14N6O5/c21-14(16-2-4-17-3-1-15-9-17)10-7-12(18-5-6-18)13(20(24)25)8-11(10)19(22)23/h1,3,7-9H,2,4-6H2,(H,16,21). The van der Waals surface area contributed by atoms with Gasteiger partial charge in [0.15, 0.2) is 0 Å². The highest BCUT2D eigenvalue weighted by atomic mass is 16.6. The Kier molecular flexibility index (Phi) is 4.29. The Labute approximate surface area is 141 Å². The first kappa shape index (κ1) is 16.4. The molecule has 3 rings (SSSR count). The monoisotopic (exact) mass is 346 g/mol. The lowest BCUT2D eigenvalue weighted by Gasteiger charge is -2.09. The minimum Gasteiger partial charge on any atom is -0.362 e. The van der Waals surface area contributed by atoms with Gasteiger partial charge in [0.05, 0.1) is 22.2 Å². The number of anilines is 1. The van der Waals surface area contributed by atoms with E-state index in [0.717, 1.165) is 6.07 Å². The van der Waals surface area contributed by atoms with Crippen LogP contribution in [0.3, 0.4) is 0 Å². The number of nitro benzene ring substituents is 2. The van der Waals surface area contributed by atoms with E-state index in [1.807, 2.05) is 0 Å². The van der Waals surface area contributed by atoms with E-state index in [2.05, 4.69) is 10.3 Å². The molecule has 1 aromatic heterocycles. The summed E-state index contributed by atoms with van der Waals surface area (Å²) in [4.78, 5) is 38.8. The highest BCUT2D eigenvalue weighted by Gasteiger charge is 2.33. The number of imidazole rings is 1. The van der Waals surface area contributed by atoms with Gasteiger partial charge in [-0.3, -0.25) is 25.0 Å². The van der Waals surface area contributed by atoms with Crippen molar-refractivity contribution >= 4 is 23.0 Å². The van der Waals surface area contributed by atoms with Crippen molar-refractivity contribution in [3.05, 3.63) is 56.6 Å². The number of hydrogen-bond donors (Lipinski definition) is 1. The number of aromatic nitrogens is 2. The highest BCUT2D eigenvalue weighted by molar-refractivity contribution is 6.00. The van der Waals surface area contributed by atoms with Gasteiger partial charge in [-0.05, 0) is 6.07 Å². The lowest BCUT2D eigenvalue weighted by Crippen LogP contribution is -2.27.